The van der Waals surface area contributed by atoms with Gasteiger partial charge >= 0.3 is 0 Å². The van der Waals surface area contributed by atoms with Crippen molar-refractivity contribution in [3.63, 3.8) is 0 Å². The van der Waals surface area contributed by atoms with Gasteiger partial charge in [-0.3, -0.25) is 0 Å². The third-order valence-corrected chi connectivity index (χ3v) is 3.00. The van der Waals surface area contributed by atoms with E-state index in [9.17, 15) is 0 Å². The van der Waals surface area contributed by atoms with Gasteiger partial charge in [-0.1, -0.05) is 48.8 Å². The largest absolute Gasteiger partial charge is 0.360 e. The van der Waals surface area contributed by atoms with Crippen LogP contribution in [0.1, 0.15) is 45.1 Å². The third kappa shape index (κ3) is 2.56. The van der Waals surface area contributed by atoms with Crippen molar-refractivity contribution in [2.75, 3.05) is 0 Å². The molecular formula is C10H16BrNO. The molecule has 74 valence electrons. The Morgan fingerprint density at radius 2 is 2.15 bits per heavy atom. The highest BCUT2D eigenvalue weighted by molar-refractivity contribution is 9.08. The average Bonchev–Trinajstić information content (AvgIpc) is 2.48. The van der Waals surface area contributed by atoms with Crippen molar-refractivity contribution in [3.05, 3.63) is 17.5 Å². The Hall–Kier alpha value is -0.310. The predicted molar refractivity (Wildman–Crippen MR) is 57.0 cm³/mol. The number of alkyl halides is 1. The summed E-state index contributed by atoms with van der Waals surface area (Å²) in [5.41, 5.74) is 1.28. The van der Waals surface area contributed by atoms with E-state index in [4.69, 9.17) is 4.52 Å². The molecule has 1 aromatic rings. The number of aromatic nitrogens is 1. The molecule has 0 N–H and O–H groups in total. The fourth-order valence-electron chi connectivity index (χ4n) is 1.04. The van der Waals surface area contributed by atoms with Crippen LogP contribution in [0.2, 0.25) is 0 Å². The molecule has 0 aliphatic carbocycles. The summed E-state index contributed by atoms with van der Waals surface area (Å²) < 4.78 is 5.13. The standard InChI is InChI=1S/C10H16BrNO/c1-7(10(2,3)4)9-5-8(6-11)13-12-9/h5,7H,6H2,1-4H3. The molecule has 1 aromatic heterocycles. The fraction of sp³-hybridized carbons (Fsp3) is 0.700. The van der Waals surface area contributed by atoms with Crippen LogP contribution in [0.4, 0.5) is 0 Å². The molecule has 0 amide bonds. The Morgan fingerprint density at radius 1 is 1.54 bits per heavy atom. The van der Waals surface area contributed by atoms with Crippen LogP contribution in [0.25, 0.3) is 0 Å². The van der Waals surface area contributed by atoms with E-state index in [1.165, 1.54) is 0 Å². The number of halogens is 1. The first-order chi connectivity index (χ1) is 5.95. The molecule has 0 spiro atoms. The van der Waals surface area contributed by atoms with Crippen molar-refractivity contribution in [2.24, 2.45) is 5.41 Å². The topological polar surface area (TPSA) is 26.0 Å². The Bertz CT molecular complexity index is 275. The van der Waals surface area contributed by atoms with E-state index in [1.807, 2.05) is 6.07 Å². The molecule has 1 unspecified atom stereocenters. The maximum absolute atomic E-state index is 5.13. The summed E-state index contributed by atoms with van der Waals surface area (Å²) in [4.78, 5) is 0. The van der Waals surface area contributed by atoms with Gasteiger partial charge in [-0.15, -0.1) is 0 Å². The molecule has 1 heterocycles. The molecule has 1 rings (SSSR count). The van der Waals surface area contributed by atoms with Gasteiger partial charge < -0.3 is 4.52 Å². The SMILES string of the molecule is CC(c1cc(CBr)on1)C(C)(C)C. The van der Waals surface area contributed by atoms with E-state index in [1.54, 1.807) is 0 Å². The zero-order valence-corrected chi connectivity index (χ0v) is 10.2. The van der Waals surface area contributed by atoms with Crippen molar-refractivity contribution in [2.45, 2.75) is 38.9 Å². The van der Waals surface area contributed by atoms with Crippen LogP contribution in [0, 0.1) is 5.41 Å². The minimum Gasteiger partial charge on any atom is -0.360 e. The quantitative estimate of drug-likeness (QED) is 0.743. The Labute approximate surface area is 87.8 Å². The second kappa shape index (κ2) is 3.82. The zero-order chi connectivity index (χ0) is 10.1. The molecule has 3 heteroatoms. The molecular weight excluding hydrogens is 230 g/mol. The summed E-state index contributed by atoms with van der Waals surface area (Å²) in [5, 5.41) is 4.78. The van der Waals surface area contributed by atoms with Crippen molar-refractivity contribution in [1.82, 2.24) is 5.16 Å². The number of hydrogen-bond acceptors (Lipinski definition) is 2. The van der Waals surface area contributed by atoms with Crippen LogP contribution in [0.5, 0.6) is 0 Å². The highest BCUT2D eigenvalue weighted by Gasteiger charge is 2.24. The highest BCUT2D eigenvalue weighted by Crippen LogP contribution is 2.33. The van der Waals surface area contributed by atoms with E-state index >= 15 is 0 Å². The van der Waals surface area contributed by atoms with E-state index in [0.29, 0.717) is 5.92 Å². The maximum atomic E-state index is 5.13. The lowest BCUT2D eigenvalue weighted by atomic mass is 9.80. The molecule has 1 atom stereocenters. The molecule has 13 heavy (non-hydrogen) atoms. The Morgan fingerprint density at radius 3 is 2.54 bits per heavy atom. The first kappa shape index (κ1) is 10.8. The zero-order valence-electron chi connectivity index (χ0n) is 8.60. The van der Waals surface area contributed by atoms with Crippen molar-refractivity contribution in [3.8, 4) is 0 Å². The van der Waals surface area contributed by atoms with Crippen LogP contribution in [0.15, 0.2) is 10.6 Å². The second-order valence-corrected chi connectivity index (χ2v) is 5.00. The first-order valence-corrected chi connectivity index (χ1v) is 5.58. The van der Waals surface area contributed by atoms with E-state index in [-0.39, 0.29) is 5.41 Å². The van der Waals surface area contributed by atoms with Gasteiger partial charge in [0.25, 0.3) is 0 Å². The van der Waals surface area contributed by atoms with Gasteiger partial charge in [0.15, 0.2) is 0 Å². The molecule has 0 fully saturated rings. The minimum absolute atomic E-state index is 0.237. The van der Waals surface area contributed by atoms with Gasteiger partial charge in [-0.25, -0.2) is 0 Å². The summed E-state index contributed by atoms with van der Waals surface area (Å²) in [6, 6.07) is 2.02. The summed E-state index contributed by atoms with van der Waals surface area (Å²) >= 11 is 3.34. The van der Waals surface area contributed by atoms with E-state index in [0.717, 1.165) is 16.8 Å². The Balaban J connectivity index is 2.83. The third-order valence-electron chi connectivity index (χ3n) is 2.45. The van der Waals surface area contributed by atoms with Gasteiger partial charge in [-0.2, -0.15) is 0 Å². The number of rotatable bonds is 2. The lowest BCUT2D eigenvalue weighted by molar-refractivity contribution is 0.313. The van der Waals surface area contributed by atoms with Gasteiger partial charge in [0.1, 0.15) is 5.76 Å². The van der Waals surface area contributed by atoms with Crippen molar-refractivity contribution >= 4 is 15.9 Å². The molecule has 0 saturated carbocycles. The second-order valence-electron chi connectivity index (χ2n) is 4.44. The lowest BCUT2D eigenvalue weighted by Crippen LogP contribution is -2.15. The summed E-state index contributed by atoms with van der Waals surface area (Å²) in [6.45, 7) is 8.80. The summed E-state index contributed by atoms with van der Waals surface area (Å²) in [6.07, 6.45) is 0. The van der Waals surface area contributed by atoms with E-state index < -0.39 is 0 Å². The minimum atomic E-state index is 0.237. The van der Waals surface area contributed by atoms with Crippen LogP contribution >= 0.6 is 15.9 Å². The van der Waals surface area contributed by atoms with Gasteiger partial charge in [-0.05, 0) is 5.41 Å². The smallest absolute Gasteiger partial charge is 0.147 e. The molecule has 2 nitrogen and oxygen atoms in total. The van der Waals surface area contributed by atoms with Gasteiger partial charge in [0.2, 0.25) is 0 Å². The van der Waals surface area contributed by atoms with Crippen LogP contribution in [0.3, 0.4) is 0 Å². The summed E-state index contributed by atoms with van der Waals surface area (Å²) in [5.74, 6) is 1.31. The molecule has 0 radical (unpaired) electrons. The monoisotopic (exact) mass is 245 g/mol. The number of hydrogen-bond donors (Lipinski definition) is 0. The molecule has 0 aromatic carbocycles. The molecule has 0 aliphatic rings. The van der Waals surface area contributed by atoms with E-state index in [2.05, 4.69) is 48.8 Å². The summed E-state index contributed by atoms with van der Waals surface area (Å²) in [7, 11) is 0. The molecule has 0 saturated heterocycles. The average molecular weight is 246 g/mol. The van der Waals surface area contributed by atoms with Crippen LogP contribution < -0.4 is 0 Å². The highest BCUT2D eigenvalue weighted by atomic mass is 79.9. The van der Waals surface area contributed by atoms with Crippen molar-refractivity contribution in [1.29, 1.82) is 0 Å². The maximum Gasteiger partial charge on any atom is 0.147 e. The van der Waals surface area contributed by atoms with Crippen LogP contribution in [-0.2, 0) is 5.33 Å². The van der Waals surface area contributed by atoms with Gasteiger partial charge in [0, 0.05) is 12.0 Å². The van der Waals surface area contributed by atoms with Crippen molar-refractivity contribution < 1.29 is 4.52 Å². The Kier molecular flexibility index (Phi) is 3.17. The first-order valence-electron chi connectivity index (χ1n) is 4.46. The van der Waals surface area contributed by atoms with Gasteiger partial charge in [0.05, 0.1) is 11.0 Å². The molecule has 0 aliphatic heterocycles. The number of nitrogens with zero attached hydrogens (tertiary/aromatic N) is 1. The fourth-order valence-corrected chi connectivity index (χ4v) is 1.30. The normalized spacial score (nSPS) is 14.5. The van der Waals surface area contributed by atoms with Crippen LogP contribution in [-0.4, -0.2) is 5.16 Å². The lowest BCUT2D eigenvalue weighted by Gasteiger charge is -2.24. The predicted octanol–water partition coefficient (Wildman–Crippen LogP) is 3.72. The molecule has 0 bridgehead atoms.